The van der Waals surface area contributed by atoms with Crippen LogP contribution in [-0.2, 0) is 5.75 Å². The largest absolute Gasteiger partial charge is 0.494 e. The van der Waals surface area contributed by atoms with Crippen LogP contribution in [0.4, 0.5) is 5.00 Å². The molecule has 0 radical (unpaired) electrons. The highest BCUT2D eigenvalue weighted by molar-refractivity contribution is 7.98. The molecule has 0 fully saturated rings. The standard InChI is InChI=1S/C20H18N4OS2/c1-2-25-17-10-8-15(9-11-17)13-22-23-19-18(12-21)20(24-27-19)26-14-16-6-4-3-5-7-16/h3-11,13,23H,2,14H2,1H3/b22-13+. The molecule has 3 aromatic rings. The Morgan fingerprint density at radius 1 is 1.22 bits per heavy atom. The second kappa shape index (κ2) is 9.76. The number of rotatable bonds is 8. The number of anilines is 1. The molecular formula is C20H18N4OS2. The summed E-state index contributed by atoms with van der Waals surface area (Å²) < 4.78 is 9.81. The van der Waals surface area contributed by atoms with Crippen LogP contribution < -0.4 is 10.2 Å². The van der Waals surface area contributed by atoms with E-state index in [9.17, 15) is 5.26 Å². The number of hydrogen-bond acceptors (Lipinski definition) is 7. The predicted octanol–water partition coefficient (Wildman–Crippen LogP) is 5.15. The van der Waals surface area contributed by atoms with Crippen molar-refractivity contribution in [3.05, 3.63) is 71.3 Å². The summed E-state index contributed by atoms with van der Waals surface area (Å²) in [5.74, 6) is 1.60. The Bertz CT molecular complexity index is 931. The molecule has 1 aromatic heterocycles. The van der Waals surface area contributed by atoms with Gasteiger partial charge in [0.05, 0.1) is 12.8 Å². The van der Waals surface area contributed by atoms with Crippen molar-refractivity contribution < 1.29 is 4.74 Å². The summed E-state index contributed by atoms with van der Waals surface area (Å²) >= 11 is 2.79. The third-order valence-electron chi connectivity index (χ3n) is 3.56. The van der Waals surface area contributed by atoms with Crippen LogP contribution in [0, 0.1) is 11.3 Å². The van der Waals surface area contributed by atoms with Gasteiger partial charge in [0.25, 0.3) is 0 Å². The van der Waals surface area contributed by atoms with Crippen LogP contribution in [0.1, 0.15) is 23.6 Å². The minimum Gasteiger partial charge on any atom is -0.494 e. The highest BCUT2D eigenvalue weighted by atomic mass is 32.2. The lowest BCUT2D eigenvalue weighted by atomic mass is 10.2. The van der Waals surface area contributed by atoms with E-state index < -0.39 is 0 Å². The van der Waals surface area contributed by atoms with E-state index in [2.05, 4.69) is 33.1 Å². The van der Waals surface area contributed by atoms with Gasteiger partial charge >= 0.3 is 0 Å². The molecule has 0 atom stereocenters. The number of hydrogen-bond donors (Lipinski definition) is 1. The zero-order valence-corrected chi connectivity index (χ0v) is 16.4. The number of benzene rings is 2. The summed E-state index contributed by atoms with van der Waals surface area (Å²) in [4.78, 5) is 0. The van der Waals surface area contributed by atoms with E-state index >= 15 is 0 Å². The SMILES string of the molecule is CCOc1ccc(/C=N/Nc2snc(SCc3ccccc3)c2C#N)cc1. The van der Waals surface area contributed by atoms with E-state index in [4.69, 9.17) is 4.74 Å². The van der Waals surface area contributed by atoms with Crippen LogP contribution >= 0.6 is 23.3 Å². The van der Waals surface area contributed by atoms with Crippen LogP contribution in [0.15, 0.2) is 64.7 Å². The minimum atomic E-state index is 0.532. The summed E-state index contributed by atoms with van der Waals surface area (Å²) in [6.07, 6.45) is 1.70. The zero-order valence-electron chi connectivity index (χ0n) is 14.8. The molecule has 2 aromatic carbocycles. The van der Waals surface area contributed by atoms with Crippen LogP contribution in [0.25, 0.3) is 0 Å². The van der Waals surface area contributed by atoms with E-state index in [1.165, 1.54) is 17.1 Å². The first kappa shape index (κ1) is 19.0. The van der Waals surface area contributed by atoms with Crippen LogP contribution in [0.2, 0.25) is 0 Å². The van der Waals surface area contributed by atoms with Crippen molar-refractivity contribution in [3.8, 4) is 11.8 Å². The molecule has 0 unspecified atom stereocenters. The molecule has 3 rings (SSSR count). The third kappa shape index (κ3) is 5.33. The number of nitrogens with one attached hydrogen (secondary N) is 1. The van der Waals surface area contributed by atoms with Gasteiger partial charge in [0.1, 0.15) is 27.4 Å². The molecule has 27 heavy (non-hydrogen) atoms. The molecule has 0 saturated heterocycles. The normalized spacial score (nSPS) is 10.7. The molecule has 7 heteroatoms. The van der Waals surface area contributed by atoms with Crippen LogP contribution in [0.5, 0.6) is 5.75 Å². The highest BCUT2D eigenvalue weighted by Gasteiger charge is 2.13. The van der Waals surface area contributed by atoms with Gasteiger partial charge in [-0.15, -0.1) is 0 Å². The molecule has 0 aliphatic carbocycles. The smallest absolute Gasteiger partial charge is 0.148 e. The lowest BCUT2D eigenvalue weighted by molar-refractivity contribution is 0.340. The predicted molar refractivity (Wildman–Crippen MR) is 112 cm³/mol. The third-order valence-corrected chi connectivity index (χ3v) is 5.48. The number of hydrazone groups is 1. The fraction of sp³-hybridized carbons (Fsp3) is 0.150. The summed E-state index contributed by atoms with van der Waals surface area (Å²) in [5.41, 5.74) is 5.60. The monoisotopic (exact) mass is 394 g/mol. The quantitative estimate of drug-likeness (QED) is 0.325. The van der Waals surface area contributed by atoms with Crippen LogP contribution in [0.3, 0.4) is 0 Å². The molecule has 5 nitrogen and oxygen atoms in total. The Morgan fingerprint density at radius 3 is 2.70 bits per heavy atom. The number of thioether (sulfide) groups is 1. The first-order valence-electron chi connectivity index (χ1n) is 8.38. The second-order valence-electron chi connectivity index (χ2n) is 5.45. The van der Waals surface area contributed by atoms with Gasteiger partial charge in [0, 0.05) is 5.75 Å². The van der Waals surface area contributed by atoms with Crippen molar-refractivity contribution >= 4 is 34.5 Å². The Morgan fingerprint density at radius 2 is 2.00 bits per heavy atom. The molecule has 0 saturated carbocycles. The first-order chi connectivity index (χ1) is 13.3. The summed E-state index contributed by atoms with van der Waals surface area (Å²) in [5, 5.41) is 15.1. The van der Waals surface area contributed by atoms with Crippen molar-refractivity contribution in [2.45, 2.75) is 17.7 Å². The van der Waals surface area contributed by atoms with Gasteiger partial charge in [-0.25, -0.2) is 0 Å². The Kier molecular flexibility index (Phi) is 6.85. The summed E-state index contributed by atoms with van der Waals surface area (Å²) in [7, 11) is 0. The Balaban J connectivity index is 1.61. The molecular weight excluding hydrogens is 376 g/mol. The fourth-order valence-electron chi connectivity index (χ4n) is 2.26. The van der Waals surface area contributed by atoms with E-state index in [1.807, 2.05) is 49.4 Å². The maximum atomic E-state index is 9.48. The topological polar surface area (TPSA) is 70.3 Å². The number of nitriles is 1. The molecule has 1 N–H and O–H groups in total. The first-order valence-corrected chi connectivity index (χ1v) is 10.1. The molecule has 0 spiro atoms. The minimum absolute atomic E-state index is 0.532. The van der Waals surface area contributed by atoms with E-state index in [0.717, 1.165) is 22.1 Å². The fourth-order valence-corrected chi connectivity index (χ4v) is 4.02. The number of aromatic nitrogens is 1. The van der Waals surface area contributed by atoms with Gasteiger partial charge in [-0.3, -0.25) is 5.43 Å². The van der Waals surface area contributed by atoms with Gasteiger partial charge in [-0.05, 0) is 53.8 Å². The Labute approximate surface area is 166 Å². The van der Waals surface area contributed by atoms with Crippen LogP contribution in [-0.4, -0.2) is 17.2 Å². The molecule has 0 amide bonds. The van der Waals surface area contributed by atoms with Crippen molar-refractivity contribution in [1.29, 1.82) is 5.26 Å². The lowest BCUT2D eigenvalue weighted by Crippen LogP contribution is -1.93. The summed E-state index contributed by atoms with van der Waals surface area (Å²) in [6.45, 7) is 2.59. The van der Waals surface area contributed by atoms with Crippen molar-refractivity contribution in [1.82, 2.24) is 4.37 Å². The molecule has 0 aliphatic rings. The van der Waals surface area contributed by atoms with Gasteiger partial charge < -0.3 is 4.74 Å². The molecule has 0 bridgehead atoms. The second-order valence-corrected chi connectivity index (χ2v) is 7.19. The highest BCUT2D eigenvalue weighted by Crippen LogP contribution is 2.32. The van der Waals surface area contributed by atoms with Crippen molar-refractivity contribution in [2.75, 3.05) is 12.0 Å². The van der Waals surface area contributed by atoms with E-state index in [-0.39, 0.29) is 0 Å². The molecule has 136 valence electrons. The average Bonchev–Trinajstić information content (AvgIpc) is 3.10. The Hall–Kier alpha value is -2.82. The molecule has 0 aliphatic heterocycles. The van der Waals surface area contributed by atoms with Gasteiger partial charge in [0.15, 0.2) is 0 Å². The molecule has 1 heterocycles. The van der Waals surface area contributed by atoms with Gasteiger partial charge in [-0.1, -0.05) is 42.1 Å². The summed E-state index contributed by atoms with van der Waals surface area (Å²) in [6, 6.07) is 20.0. The van der Waals surface area contributed by atoms with Crippen molar-refractivity contribution in [3.63, 3.8) is 0 Å². The lowest BCUT2D eigenvalue weighted by Gasteiger charge is -2.02. The van der Waals surface area contributed by atoms with E-state index in [0.29, 0.717) is 17.2 Å². The maximum Gasteiger partial charge on any atom is 0.148 e. The van der Waals surface area contributed by atoms with E-state index in [1.54, 1.807) is 18.0 Å². The average molecular weight is 395 g/mol. The number of nitrogens with zero attached hydrogens (tertiary/aromatic N) is 3. The van der Waals surface area contributed by atoms with Gasteiger partial charge in [-0.2, -0.15) is 14.7 Å². The zero-order chi connectivity index (χ0) is 18.9. The van der Waals surface area contributed by atoms with Crippen molar-refractivity contribution in [2.24, 2.45) is 5.10 Å². The number of ether oxygens (including phenoxy) is 1. The van der Waals surface area contributed by atoms with Gasteiger partial charge in [0.2, 0.25) is 0 Å². The maximum absolute atomic E-state index is 9.48.